The SMILES string of the molecule is CC1C(O)OC2Oc3cc(O)c4c(c3C(=O)C2C1CCC(C)(C)O)OC(C)(C)CC4. The topological polar surface area (TPSA) is 105 Å². The zero-order valence-corrected chi connectivity index (χ0v) is 18.3. The number of hydrogen-bond donors (Lipinski definition) is 3. The first-order valence-corrected chi connectivity index (χ1v) is 10.7. The fourth-order valence-corrected chi connectivity index (χ4v) is 4.86. The highest BCUT2D eigenvalue weighted by Gasteiger charge is 2.52. The van der Waals surface area contributed by atoms with E-state index in [4.69, 9.17) is 14.2 Å². The van der Waals surface area contributed by atoms with Crippen LogP contribution in [-0.4, -0.2) is 44.9 Å². The molecule has 7 nitrogen and oxygen atoms in total. The molecule has 3 aliphatic heterocycles. The van der Waals surface area contributed by atoms with Gasteiger partial charge in [-0.1, -0.05) is 6.92 Å². The van der Waals surface area contributed by atoms with E-state index in [-0.39, 0.29) is 29.1 Å². The van der Waals surface area contributed by atoms with Crippen molar-refractivity contribution in [3.63, 3.8) is 0 Å². The van der Waals surface area contributed by atoms with Gasteiger partial charge in [0.1, 0.15) is 28.4 Å². The van der Waals surface area contributed by atoms with E-state index in [9.17, 15) is 20.1 Å². The number of carbonyl (C=O) groups is 1. The zero-order valence-electron chi connectivity index (χ0n) is 18.3. The Morgan fingerprint density at radius 2 is 2.00 bits per heavy atom. The van der Waals surface area contributed by atoms with Gasteiger partial charge in [0.2, 0.25) is 6.29 Å². The van der Waals surface area contributed by atoms with Gasteiger partial charge in [-0.2, -0.15) is 0 Å². The van der Waals surface area contributed by atoms with Crippen molar-refractivity contribution < 1.29 is 34.3 Å². The van der Waals surface area contributed by atoms with Crippen molar-refractivity contribution in [1.29, 1.82) is 0 Å². The molecule has 0 aliphatic carbocycles. The van der Waals surface area contributed by atoms with Gasteiger partial charge in [0.15, 0.2) is 12.1 Å². The lowest BCUT2D eigenvalue weighted by atomic mass is 9.71. The number of phenolic OH excluding ortho intramolecular Hbond substituents is 1. The van der Waals surface area contributed by atoms with E-state index >= 15 is 0 Å². The Morgan fingerprint density at radius 1 is 1.30 bits per heavy atom. The third kappa shape index (κ3) is 3.67. The number of Topliss-reactive ketones (excluding diaryl/α,β-unsaturated/α-hetero) is 1. The fraction of sp³-hybridized carbons (Fsp3) is 0.696. The number of ketones is 1. The number of hydrogen-bond acceptors (Lipinski definition) is 7. The molecule has 5 atom stereocenters. The molecule has 1 aromatic carbocycles. The predicted molar refractivity (Wildman–Crippen MR) is 109 cm³/mol. The van der Waals surface area contributed by atoms with Crippen LogP contribution in [0.5, 0.6) is 17.2 Å². The van der Waals surface area contributed by atoms with E-state index in [1.807, 2.05) is 20.8 Å². The Hall–Kier alpha value is -1.83. The molecule has 166 valence electrons. The molecule has 0 bridgehead atoms. The quantitative estimate of drug-likeness (QED) is 0.690. The molecule has 0 radical (unpaired) electrons. The first kappa shape index (κ1) is 21.4. The van der Waals surface area contributed by atoms with Crippen LogP contribution >= 0.6 is 0 Å². The van der Waals surface area contributed by atoms with E-state index in [1.165, 1.54) is 6.07 Å². The molecule has 3 aliphatic rings. The molecule has 0 aromatic heterocycles. The number of aliphatic hydroxyl groups is 2. The minimum absolute atomic E-state index is 0.0359. The lowest BCUT2D eigenvalue weighted by Gasteiger charge is -2.46. The van der Waals surface area contributed by atoms with Gasteiger partial charge in [0.25, 0.3) is 0 Å². The molecule has 5 unspecified atom stereocenters. The van der Waals surface area contributed by atoms with Crippen molar-refractivity contribution in [2.45, 2.75) is 84.1 Å². The van der Waals surface area contributed by atoms with Crippen molar-refractivity contribution in [2.75, 3.05) is 0 Å². The van der Waals surface area contributed by atoms with E-state index in [0.717, 1.165) is 6.42 Å². The highest BCUT2D eigenvalue weighted by atomic mass is 16.7. The summed E-state index contributed by atoms with van der Waals surface area (Å²) in [5.74, 6) is -0.660. The van der Waals surface area contributed by atoms with E-state index in [2.05, 4.69) is 0 Å². The molecule has 30 heavy (non-hydrogen) atoms. The van der Waals surface area contributed by atoms with Gasteiger partial charge in [-0.3, -0.25) is 4.79 Å². The maximum Gasteiger partial charge on any atom is 0.212 e. The normalized spacial score (nSPS) is 32.4. The summed E-state index contributed by atoms with van der Waals surface area (Å²) >= 11 is 0. The maximum absolute atomic E-state index is 13.8. The average Bonchev–Trinajstić information content (AvgIpc) is 2.60. The van der Waals surface area contributed by atoms with Gasteiger partial charge in [-0.15, -0.1) is 0 Å². The minimum Gasteiger partial charge on any atom is -0.507 e. The first-order valence-electron chi connectivity index (χ1n) is 10.7. The summed E-state index contributed by atoms with van der Waals surface area (Å²) < 4.78 is 17.8. The lowest BCUT2D eigenvalue weighted by molar-refractivity contribution is -0.276. The van der Waals surface area contributed by atoms with Gasteiger partial charge < -0.3 is 29.5 Å². The molecule has 1 saturated heterocycles. The van der Waals surface area contributed by atoms with Gasteiger partial charge >= 0.3 is 0 Å². The Balaban J connectivity index is 1.76. The van der Waals surface area contributed by atoms with Crippen molar-refractivity contribution in [3.05, 3.63) is 17.2 Å². The molecular formula is C23H32O7. The van der Waals surface area contributed by atoms with E-state index < -0.39 is 29.7 Å². The molecule has 0 spiro atoms. The number of carbonyl (C=O) groups excluding carboxylic acids is 1. The van der Waals surface area contributed by atoms with Crippen LogP contribution in [0.2, 0.25) is 0 Å². The van der Waals surface area contributed by atoms with Gasteiger partial charge in [-0.25, -0.2) is 0 Å². The monoisotopic (exact) mass is 420 g/mol. The Bertz CT molecular complexity index is 854. The Labute approximate surface area is 177 Å². The fourth-order valence-electron chi connectivity index (χ4n) is 4.86. The first-order chi connectivity index (χ1) is 13.9. The van der Waals surface area contributed by atoms with Crippen LogP contribution in [0.4, 0.5) is 0 Å². The molecular weight excluding hydrogens is 388 g/mol. The predicted octanol–water partition coefficient (Wildman–Crippen LogP) is 3.17. The lowest BCUT2D eigenvalue weighted by Crippen LogP contribution is -2.54. The number of fused-ring (bicyclic) bond motifs is 4. The second-order valence-electron chi connectivity index (χ2n) is 10.2. The number of benzene rings is 1. The van der Waals surface area contributed by atoms with Crippen LogP contribution < -0.4 is 9.47 Å². The van der Waals surface area contributed by atoms with Crippen LogP contribution in [0.3, 0.4) is 0 Å². The summed E-state index contributed by atoms with van der Waals surface area (Å²) in [6, 6.07) is 1.45. The summed E-state index contributed by atoms with van der Waals surface area (Å²) in [5.41, 5.74) is -0.371. The van der Waals surface area contributed by atoms with Gasteiger partial charge in [-0.05, 0) is 59.3 Å². The molecule has 4 rings (SSSR count). The van der Waals surface area contributed by atoms with Crippen LogP contribution in [0.25, 0.3) is 0 Å². The smallest absolute Gasteiger partial charge is 0.212 e. The van der Waals surface area contributed by atoms with Crippen molar-refractivity contribution in [2.24, 2.45) is 17.8 Å². The molecule has 0 saturated carbocycles. The van der Waals surface area contributed by atoms with Crippen molar-refractivity contribution in [3.8, 4) is 17.2 Å². The number of ether oxygens (including phenoxy) is 3. The largest absolute Gasteiger partial charge is 0.507 e. The summed E-state index contributed by atoms with van der Waals surface area (Å²) in [6.07, 6.45) is 0.342. The number of aromatic hydroxyl groups is 1. The molecule has 3 N–H and O–H groups in total. The van der Waals surface area contributed by atoms with Crippen molar-refractivity contribution >= 4 is 5.78 Å². The highest BCUT2D eigenvalue weighted by molar-refractivity contribution is 6.05. The molecule has 1 aromatic rings. The van der Waals surface area contributed by atoms with Crippen LogP contribution in [0.15, 0.2) is 6.07 Å². The van der Waals surface area contributed by atoms with Gasteiger partial charge in [0, 0.05) is 17.5 Å². The average molecular weight is 421 g/mol. The second-order valence-corrected chi connectivity index (χ2v) is 10.2. The number of aliphatic hydroxyl groups excluding tert-OH is 1. The van der Waals surface area contributed by atoms with Crippen LogP contribution in [0.1, 0.15) is 69.8 Å². The number of rotatable bonds is 3. The van der Waals surface area contributed by atoms with Crippen LogP contribution in [0, 0.1) is 17.8 Å². The Morgan fingerprint density at radius 3 is 2.67 bits per heavy atom. The van der Waals surface area contributed by atoms with Crippen LogP contribution in [-0.2, 0) is 11.2 Å². The second kappa shape index (κ2) is 7.11. The third-order valence-electron chi connectivity index (χ3n) is 6.71. The summed E-state index contributed by atoms with van der Waals surface area (Å²) in [7, 11) is 0. The molecule has 1 fully saturated rings. The van der Waals surface area contributed by atoms with Crippen molar-refractivity contribution in [1.82, 2.24) is 0 Å². The van der Waals surface area contributed by atoms with E-state index in [1.54, 1.807) is 13.8 Å². The summed E-state index contributed by atoms with van der Waals surface area (Å²) in [5, 5.41) is 31.1. The van der Waals surface area contributed by atoms with Gasteiger partial charge in [0.05, 0.1) is 11.5 Å². The summed E-state index contributed by atoms with van der Waals surface area (Å²) in [4.78, 5) is 13.8. The van der Waals surface area contributed by atoms with E-state index in [0.29, 0.717) is 36.1 Å². The molecule has 7 heteroatoms. The molecule has 3 heterocycles. The third-order valence-corrected chi connectivity index (χ3v) is 6.71. The summed E-state index contributed by atoms with van der Waals surface area (Å²) in [6.45, 7) is 9.23. The Kier molecular flexibility index (Phi) is 5.07. The molecule has 0 amide bonds. The minimum atomic E-state index is -1.08. The standard InChI is InChI=1S/C23H32O7/c1-11-12(6-8-22(2,3)27)16-18(25)17-15(28-21(16)29-20(11)26)10-14(24)13-7-9-23(4,5)30-19(13)17/h10-12,16,20-21,24,26-27H,6-9H2,1-5H3. The maximum atomic E-state index is 13.8. The highest BCUT2D eigenvalue weighted by Crippen LogP contribution is 2.51. The number of phenols is 1. The zero-order chi connectivity index (χ0) is 22.0.